The number of hydrogen-bond acceptors (Lipinski definition) is 4. The molecule has 1 heterocycles. The monoisotopic (exact) mass is 306 g/mol. The van der Waals surface area contributed by atoms with E-state index < -0.39 is 10.0 Å². The molecule has 0 saturated carbocycles. The van der Waals surface area contributed by atoms with E-state index >= 15 is 0 Å². The lowest BCUT2D eigenvalue weighted by molar-refractivity contribution is 0.281. The van der Waals surface area contributed by atoms with Gasteiger partial charge in [0, 0.05) is 6.20 Å². The number of anilines is 1. The van der Waals surface area contributed by atoms with Gasteiger partial charge in [0.15, 0.2) is 5.03 Å². The van der Waals surface area contributed by atoms with Crippen LogP contribution in [0, 0.1) is 0 Å². The number of nitrogens with one attached hydrogen (secondary N) is 1. The first kappa shape index (κ1) is 15.5. The summed E-state index contributed by atoms with van der Waals surface area (Å²) in [6.07, 6.45) is 1.35. The fourth-order valence-corrected chi connectivity index (χ4v) is 2.97. The van der Waals surface area contributed by atoms with Crippen molar-refractivity contribution in [3.63, 3.8) is 0 Å². The summed E-state index contributed by atoms with van der Waals surface area (Å²) >= 11 is 0. The minimum Gasteiger partial charge on any atom is -0.392 e. The highest BCUT2D eigenvalue weighted by molar-refractivity contribution is 7.92. The standard InChI is InChI=1S/C15H18N2O3S/c1-11(2)13-5-3-4-6-14(13)17-21(19,20)15-8-7-12(10-18)9-16-15/h3-9,11,17-18H,10H2,1-2H3. The largest absolute Gasteiger partial charge is 0.392 e. The molecule has 0 radical (unpaired) electrons. The van der Waals surface area contributed by atoms with Crippen LogP contribution in [-0.4, -0.2) is 18.5 Å². The van der Waals surface area contributed by atoms with E-state index in [1.807, 2.05) is 26.0 Å². The first-order chi connectivity index (χ1) is 9.94. The first-order valence-corrected chi connectivity index (χ1v) is 8.10. The molecule has 2 N–H and O–H groups in total. The van der Waals surface area contributed by atoms with Crippen molar-refractivity contribution in [1.82, 2.24) is 4.98 Å². The Morgan fingerprint density at radius 2 is 1.90 bits per heavy atom. The number of benzene rings is 1. The van der Waals surface area contributed by atoms with Crippen LogP contribution in [-0.2, 0) is 16.6 Å². The quantitative estimate of drug-likeness (QED) is 0.889. The Labute approximate surface area is 124 Å². The van der Waals surface area contributed by atoms with Crippen LogP contribution in [0.25, 0.3) is 0 Å². The number of aliphatic hydroxyl groups excluding tert-OH is 1. The van der Waals surface area contributed by atoms with Gasteiger partial charge in [-0.3, -0.25) is 4.72 Å². The molecule has 0 bridgehead atoms. The maximum Gasteiger partial charge on any atom is 0.279 e. The average Bonchev–Trinajstić information content (AvgIpc) is 2.47. The number of sulfonamides is 1. The zero-order valence-electron chi connectivity index (χ0n) is 11.9. The summed E-state index contributed by atoms with van der Waals surface area (Å²) in [4.78, 5) is 3.88. The molecule has 2 rings (SSSR count). The van der Waals surface area contributed by atoms with Gasteiger partial charge >= 0.3 is 0 Å². The predicted octanol–water partition coefficient (Wildman–Crippen LogP) is 2.50. The smallest absolute Gasteiger partial charge is 0.279 e. The van der Waals surface area contributed by atoms with Gasteiger partial charge in [0.2, 0.25) is 0 Å². The molecule has 0 unspecified atom stereocenters. The minimum absolute atomic E-state index is 0.0711. The number of pyridine rings is 1. The van der Waals surface area contributed by atoms with Crippen molar-refractivity contribution >= 4 is 15.7 Å². The summed E-state index contributed by atoms with van der Waals surface area (Å²) in [6.45, 7) is 3.83. The second-order valence-electron chi connectivity index (χ2n) is 5.01. The normalized spacial score (nSPS) is 11.6. The molecule has 0 aliphatic carbocycles. The maximum atomic E-state index is 12.3. The molecule has 0 atom stereocenters. The topological polar surface area (TPSA) is 79.3 Å². The molecule has 0 amide bonds. The Morgan fingerprint density at radius 1 is 1.19 bits per heavy atom. The summed E-state index contributed by atoms with van der Waals surface area (Å²) < 4.78 is 27.2. The summed E-state index contributed by atoms with van der Waals surface area (Å²) in [6, 6.07) is 10.2. The highest BCUT2D eigenvalue weighted by Gasteiger charge is 2.18. The van der Waals surface area contributed by atoms with Gasteiger partial charge in [-0.15, -0.1) is 0 Å². The SMILES string of the molecule is CC(C)c1ccccc1NS(=O)(=O)c1ccc(CO)cn1. The summed E-state index contributed by atoms with van der Waals surface area (Å²) in [5.74, 6) is 0.202. The van der Waals surface area contributed by atoms with E-state index in [0.29, 0.717) is 11.3 Å². The van der Waals surface area contributed by atoms with E-state index in [-0.39, 0.29) is 17.6 Å². The van der Waals surface area contributed by atoms with E-state index in [2.05, 4.69) is 9.71 Å². The van der Waals surface area contributed by atoms with Crippen molar-refractivity contribution < 1.29 is 13.5 Å². The predicted molar refractivity (Wildman–Crippen MR) is 81.5 cm³/mol. The second kappa shape index (κ2) is 6.24. The number of nitrogens with zero attached hydrogens (tertiary/aromatic N) is 1. The van der Waals surface area contributed by atoms with E-state index in [1.165, 1.54) is 18.3 Å². The Kier molecular flexibility index (Phi) is 4.59. The van der Waals surface area contributed by atoms with Gasteiger partial charge in [0.25, 0.3) is 10.0 Å². The van der Waals surface area contributed by atoms with Gasteiger partial charge in [0.1, 0.15) is 0 Å². The van der Waals surface area contributed by atoms with Gasteiger partial charge in [-0.1, -0.05) is 38.1 Å². The lowest BCUT2D eigenvalue weighted by Crippen LogP contribution is -2.16. The molecule has 2 aromatic rings. The lowest BCUT2D eigenvalue weighted by atomic mass is 10.0. The number of rotatable bonds is 5. The molecule has 0 aliphatic rings. The van der Waals surface area contributed by atoms with E-state index in [4.69, 9.17) is 5.11 Å². The van der Waals surface area contributed by atoms with Crippen LogP contribution in [0.1, 0.15) is 30.9 Å². The second-order valence-corrected chi connectivity index (χ2v) is 6.64. The van der Waals surface area contributed by atoms with Crippen LogP contribution < -0.4 is 4.72 Å². The van der Waals surface area contributed by atoms with Gasteiger partial charge in [-0.25, -0.2) is 4.98 Å². The van der Waals surface area contributed by atoms with Crippen molar-refractivity contribution in [3.8, 4) is 0 Å². The minimum atomic E-state index is -3.74. The summed E-state index contributed by atoms with van der Waals surface area (Å²) in [5, 5.41) is 8.89. The molecule has 0 saturated heterocycles. The molecular weight excluding hydrogens is 288 g/mol. The van der Waals surface area contributed by atoms with Crippen LogP contribution >= 0.6 is 0 Å². The Morgan fingerprint density at radius 3 is 2.48 bits per heavy atom. The molecule has 112 valence electrons. The number of aromatic nitrogens is 1. The van der Waals surface area contributed by atoms with E-state index in [0.717, 1.165) is 5.56 Å². The Balaban J connectivity index is 2.33. The molecule has 21 heavy (non-hydrogen) atoms. The van der Waals surface area contributed by atoms with Crippen LogP contribution in [0.5, 0.6) is 0 Å². The van der Waals surface area contributed by atoms with Crippen molar-refractivity contribution in [2.24, 2.45) is 0 Å². The third-order valence-corrected chi connectivity index (χ3v) is 4.36. The third kappa shape index (κ3) is 3.59. The zero-order valence-corrected chi connectivity index (χ0v) is 12.8. The molecule has 0 fully saturated rings. The first-order valence-electron chi connectivity index (χ1n) is 6.61. The zero-order chi connectivity index (χ0) is 15.5. The fraction of sp³-hybridized carbons (Fsp3) is 0.267. The lowest BCUT2D eigenvalue weighted by Gasteiger charge is -2.14. The average molecular weight is 306 g/mol. The number of para-hydroxylation sites is 1. The summed E-state index contributed by atoms with van der Waals surface area (Å²) in [5.41, 5.74) is 2.05. The van der Waals surface area contributed by atoms with Gasteiger partial charge in [-0.2, -0.15) is 8.42 Å². The van der Waals surface area contributed by atoms with Crippen LogP contribution in [0.3, 0.4) is 0 Å². The van der Waals surface area contributed by atoms with Crippen molar-refractivity contribution in [2.75, 3.05) is 4.72 Å². The molecule has 6 heteroatoms. The van der Waals surface area contributed by atoms with Gasteiger partial charge < -0.3 is 5.11 Å². The van der Waals surface area contributed by atoms with Crippen LogP contribution in [0.4, 0.5) is 5.69 Å². The van der Waals surface area contributed by atoms with Crippen molar-refractivity contribution in [3.05, 3.63) is 53.7 Å². The van der Waals surface area contributed by atoms with E-state index in [9.17, 15) is 8.42 Å². The molecule has 1 aromatic carbocycles. The molecule has 0 aliphatic heterocycles. The van der Waals surface area contributed by atoms with Crippen molar-refractivity contribution in [2.45, 2.75) is 31.4 Å². The van der Waals surface area contributed by atoms with Crippen molar-refractivity contribution in [1.29, 1.82) is 0 Å². The molecule has 1 aromatic heterocycles. The number of hydrogen-bond donors (Lipinski definition) is 2. The summed E-state index contributed by atoms with van der Waals surface area (Å²) in [7, 11) is -3.74. The molecule has 5 nitrogen and oxygen atoms in total. The highest BCUT2D eigenvalue weighted by Crippen LogP contribution is 2.25. The van der Waals surface area contributed by atoms with Crippen LogP contribution in [0.15, 0.2) is 47.6 Å². The fourth-order valence-electron chi connectivity index (χ4n) is 1.95. The van der Waals surface area contributed by atoms with Crippen LogP contribution in [0.2, 0.25) is 0 Å². The third-order valence-electron chi connectivity index (χ3n) is 3.08. The maximum absolute atomic E-state index is 12.3. The number of aliphatic hydroxyl groups is 1. The highest BCUT2D eigenvalue weighted by atomic mass is 32.2. The molecule has 0 spiro atoms. The molecular formula is C15H18N2O3S. The Hall–Kier alpha value is -1.92. The Bertz CT molecular complexity index is 710. The van der Waals surface area contributed by atoms with E-state index in [1.54, 1.807) is 12.1 Å². The van der Waals surface area contributed by atoms with Gasteiger partial charge in [0.05, 0.1) is 12.3 Å². The van der Waals surface area contributed by atoms with Gasteiger partial charge in [-0.05, 0) is 29.2 Å².